The van der Waals surface area contributed by atoms with Gasteiger partial charge < -0.3 is 11.1 Å². The minimum absolute atomic E-state index is 0.111. The number of nitrogens with one attached hydrogen (secondary N) is 2. The van der Waals surface area contributed by atoms with Gasteiger partial charge in [0.15, 0.2) is 0 Å². The lowest BCUT2D eigenvalue weighted by Gasteiger charge is -2.09. The number of nitrogens with two attached hydrogens (primary N) is 1. The molecule has 0 saturated heterocycles. The first-order chi connectivity index (χ1) is 8.28. The molecule has 0 bridgehead atoms. The van der Waals surface area contributed by atoms with E-state index in [0.29, 0.717) is 11.4 Å². The van der Waals surface area contributed by atoms with Gasteiger partial charge in [-0.2, -0.15) is 0 Å². The molecule has 0 saturated carbocycles. The standard InChI is InChI=1S/C10H13N3O3S2/c1-7(14)12-8-3-2-4-9(5-8)13-18(15,16)6-10(11)17/h2-5,13H,6H2,1H3,(H2,11,17)(H,12,14). The molecule has 0 spiro atoms. The molecule has 0 unspecified atom stereocenters. The van der Waals surface area contributed by atoms with Crippen molar-refractivity contribution in [1.29, 1.82) is 0 Å². The van der Waals surface area contributed by atoms with Gasteiger partial charge in [-0.25, -0.2) is 8.42 Å². The molecule has 0 radical (unpaired) electrons. The molecule has 1 aromatic carbocycles. The molecule has 0 atom stereocenters. The Hall–Kier alpha value is -1.67. The number of hydrogen-bond acceptors (Lipinski definition) is 4. The molecule has 0 aliphatic carbocycles. The number of anilines is 2. The SMILES string of the molecule is CC(=O)Nc1cccc(NS(=O)(=O)CC(N)=S)c1. The molecule has 1 amide bonds. The second kappa shape index (κ2) is 5.78. The summed E-state index contributed by atoms with van der Waals surface area (Å²) in [6.07, 6.45) is 0. The number of rotatable bonds is 5. The van der Waals surface area contributed by atoms with Crippen molar-refractivity contribution in [3.63, 3.8) is 0 Å². The molecule has 6 nitrogen and oxygen atoms in total. The van der Waals surface area contributed by atoms with Crippen LogP contribution in [0.5, 0.6) is 0 Å². The first-order valence-corrected chi connectivity index (χ1v) is 7.01. The van der Waals surface area contributed by atoms with Crippen LogP contribution in [0.3, 0.4) is 0 Å². The molecule has 0 heterocycles. The van der Waals surface area contributed by atoms with Gasteiger partial charge in [-0.05, 0) is 18.2 Å². The van der Waals surface area contributed by atoms with E-state index in [1.807, 2.05) is 0 Å². The van der Waals surface area contributed by atoms with E-state index in [1.54, 1.807) is 18.2 Å². The van der Waals surface area contributed by atoms with Gasteiger partial charge in [0.25, 0.3) is 0 Å². The third-order valence-corrected chi connectivity index (χ3v) is 3.35. The van der Waals surface area contributed by atoms with Gasteiger partial charge in [-0.3, -0.25) is 9.52 Å². The Kier molecular flexibility index (Phi) is 4.62. The number of benzene rings is 1. The van der Waals surface area contributed by atoms with Crippen molar-refractivity contribution in [1.82, 2.24) is 0 Å². The van der Waals surface area contributed by atoms with Gasteiger partial charge in [0.2, 0.25) is 15.9 Å². The van der Waals surface area contributed by atoms with Gasteiger partial charge in [-0.1, -0.05) is 18.3 Å². The molecule has 0 aliphatic rings. The Bertz CT molecular complexity index is 569. The topological polar surface area (TPSA) is 101 Å². The lowest BCUT2D eigenvalue weighted by molar-refractivity contribution is -0.114. The van der Waals surface area contributed by atoms with E-state index in [-0.39, 0.29) is 10.9 Å². The Labute approximate surface area is 111 Å². The minimum Gasteiger partial charge on any atom is -0.392 e. The van der Waals surface area contributed by atoms with Gasteiger partial charge in [-0.15, -0.1) is 0 Å². The van der Waals surface area contributed by atoms with Crippen LogP contribution in [0, 0.1) is 0 Å². The van der Waals surface area contributed by atoms with Crippen LogP contribution in [0.25, 0.3) is 0 Å². The molecule has 0 aromatic heterocycles. The maximum atomic E-state index is 11.6. The second-order valence-electron chi connectivity index (χ2n) is 3.59. The van der Waals surface area contributed by atoms with Crippen molar-refractivity contribution in [2.45, 2.75) is 6.92 Å². The first-order valence-electron chi connectivity index (χ1n) is 4.95. The largest absolute Gasteiger partial charge is 0.392 e. The van der Waals surface area contributed by atoms with Crippen molar-refractivity contribution in [2.24, 2.45) is 5.73 Å². The van der Waals surface area contributed by atoms with Crippen molar-refractivity contribution in [3.05, 3.63) is 24.3 Å². The summed E-state index contributed by atoms with van der Waals surface area (Å²) in [5.74, 6) is -0.662. The highest BCUT2D eigenvalue weighted by Crippen LogP contribution is 2.16. The van der Waals surface area contributed by atoms with Crippen molar-refractivity contribution >= 4 is 44.5 Å². The average molecular weight is 287 g/mol. The molecule has 98 valence electrons. The number of thiocarbonyl (C=S) groups is 1. The van der Waals surface area contributed by atoms with E-state index in [4.69, 9.17) is 5.73 Å². The molecule has 4 N–H and O–H groups in total. The first kappa shape index (κ1) is 14.4. The van der Waals surface area contributed by atoms with E-state index in [2.05, 4.69) is 22.3 Å². The zero-order chi connectivity index (χ0) is 13.8. The third-order valence-electron chi connectivity index (χ3n) is 1.79. The Morgan fingerprint density at radius 2 is 2.00 bits per heavy atom. The monoisotopic (exact) mass is 287 g/mol. The fourth-order valence-electron chi connectivity index (χ4n) is 1.27. The number of amides is 1. The molecular formula is C10H13N3O3S2. The van der Waals surface area contributed by atoms with E-state index >= 15 is 0 Å². The molecule has 1 aromatic rings. The van der Waals surface area contributed by atoms with Crippen molar-refractivity contribution in [3.8, 4) is 0 Å². The van der Waals surface area contributed by atoms with Crippen LogP contribution in [0.15, 0.2) is 24.3 Å². The number of hydrogen-bond donors (Lipinski definition) is 3. The summed E-state index contributed by atoms with van der Waals surface area (Å²) in [6, 6.07) is 6.32. The predicted molar refractivity (Wildman–Crippen MR) is 74.9 cm³/mol. The molecule has 1 rings (SSSR count). The highest BCUT2D eigenvalue weighted by Gasteiger charge is 2.12. The van der Waals surface area contributed by atoms with Crippen LogP contribution < -0.4 is 15.8 Å². The predicted octanol–water partition coefficient (Wildman–Crippen LogP) is 0.673. The van der Waals surface area contributed by atoms with Gasteiger partial charge in [0.1, 0.15) is 5.75 Å². The normalized spacial score (nSPS) is 10.7. The van der Waals surface area contributed by atoms with Gasteiger partial charge in [0.05, 0.1) is 10.7 Å². The molecule has 0 fully saturated rings. The average Bonchev–Trinajstić information content (AvgIpc) is 2.13. The maximum Gasteiger partial charge on any atom is 0.239 e. The zero-order valence-electron chi connectivity index (χ0n) is 9.64. The Morgan fingerprint density at radius 3 is 2.56 bits per heavy atom. The van der Waals surface area contributed by atoms with E-state index in [1.165, 1.54) is 13.0 Å². The lowest BCUT2D eigenvalue weighted by Crippen LogP contribution is -2.26. The highest BCUT2D eigenvalue weighted by molar-refractivity contribution is 7.95. The molecule has 0 aliphatic heterocycles. The third kappa shape index (κ3) is 5.11. The zero-order valence-corrected chi connectivity index (χ0v) is 11.3. The van der Waals surface area contributed by atoms with E-state index < -0.39 is 15.8 Å². The van der Waals surface area contributed by atoms with Crippen LogP contribution in [0.4, 0.5) is 11.4 Å². The summed E-state index contributed by atoms with van der Waals surface area (Å²) in [4.78, 5) is 10.8. The summed E-state index contributed by atoms with van der Waals surface area (Å²) in [7, 11) is -3.61. The molecular weight excluding hydrogens is 274 g/mol. The van der Waals surface area contributed by atoms with Crippen LogP contribution in [0.1, 0.15) is 6.92 Å². The Balaban J connectivity index is 2.85. The van der Waals surface area contributed by atoms with Crippen molar-refractivity contribution < 1.29 is 13.2 Å². The summed E-state index contributed by atoms with van der Waals surface area (Å²) in [6.45, 7) is 1.36. The quantitative estimate of drug-likeness (QED) is 0.691. The fourth-order valence-corrected chi connectivity index (χ4v) is 2.66. The second-order valence-corrected chi connectivity index (χ2v) is 5.84. The molecule has 8 heteroatoms. The summed E-state index contributed by atoms with van der Waals surface area (Å²) >= 11 is 4.54. The van der Waals surface area contributed by atoms with E-state index in [9.17, 15) is 13.2 Å². The summed E-state index contributed by atoms with van der Waals surface area (Å²) in [5, 5.41) is 2.55. The maximum absolute atomic E-state index is 11.6. The Morgan fingerprint density at radius 1 is 1.39 bits per heavy atom. The van der Waals surface area contributed by atoms with Crippen LogP contribution >= 0.6 is 12.2 Å². The summed E-state index contributed by atoms with van der Waals surface area (Å²) in [5.41, 5.74) is 6.01. The highest BCUT2D eigenvalue weighted by atomic mass is 32.2. The summed E-state index contributed by atoms with van der Waals surface area (Å²) < 4.78 is 25.5. The van der Waals surface area contributed by atoms with Crippen molar-refractivity contribution in [2.75, 3.05) is 15.8 Å². The number of carbonyl (C=O) groups is 1. The fraction of sp³-hybridized carbons (Fsp3) is 0.200. The lowest BCUT2D eigenvalue weighted by atomic mass is 10.3. The van der Waals surface area contributed by atoms with Gasteiger partial charge in [0, 0.05) is 12.6 Å². The van der Waals surface area contributed by atoms with Crippen LogP contribution in [0.2, 0.25) is 0 Å². The van der Waals surface area contributed by atoms with Gasteiger partial charge >= 0.3 is 0 Å². The van der Waals surface area contributed by atoms with Crippen LogP contribution in [-0.2, 0) is 14.8 Å². The number of sulfonamides is 1. The molecule has 18 heavy (non-hydrogen) atoms. The number of carbonyl (C=O) groups excluding carboxylic acids is 1. The minimum atomic E-state index is -3.61. The smallest absolute Gasteiger partial charge is 0.239 e. The van der Waals surface area contributed by atoms with Crippen LogP contribution in [-0.4, -0.2) is 25.1 Å². The van der Waals surface area contributed by atoms with E-state index in [0.717, 1.165) is 0 Å².